The Labute approximate surface area is 136 Å². The first-order valence-electron chi connectivity index (χ1n) is 7.59. The summed E-state index contributed by atoms with van der Waals surface area (Å²) >= 11 is 0. The van der Waals surface area contributed by atoms with E-state index in [2.05, 4.69) is 30.3 Å². The summed E-state index contributed by atoms with van der Waals surface area (Å²) in [6, 6.07) is 7.51. The molecule has 5 heteroatoms. The molecule has 4 nitrogen and oxygen atoms in total. The molecule has 0 atom stereocenters. The molecule has 0 radical (unpaired) electrons. The minimum absolute atomic E-state index is 0.0206. The third-order valence-electron chi connectivity index (χ3n) is 3.56. The van der Waals surface area contributed by atoms with Crippen LogP contribution in [0.25, 0.3) is 5.57 Å². The summed E-state index contributed by atoms with van der Waals surface area (Å²) < 4.78 is 15.1. The van der Waals surface area contributed by atoms with E-state index >= 15 is 0 Å². The molecular formula is C18H22FN3O. The normalized spacial score (nSPS) is 11.9. The zero-order valence-corrected chi connectivity index (χ0v) is 14.1. The highest BCUT2D eigenvalue weighted by atomic mass is 19.1. The number of carbonyl (C=O) groups excluding carboxylic acids is 1. The quantitative estimate of drug-likeness (QED) is 0.920. The van der Waals surface area contributed by atoms with Gasteiger partial charge in [0, 0.05) is 18.3 Å². The molecule has 2 rings (SSSR count). The van der Waals surface area contributed by atoms with E-state index in [0.29, 0.717) is 17.3 Å². The summed E-state index contributed by atoms with van der Waals surface area (Å²) in [4.78, 5) is 12.4. The molecule has 0 saturated heterocycles. The number of nitrogens with zero attached hydrogens (tertiary/aromatic N) is 2. The number of aromatic nitrogens is 2. The van der Waals surface area contributed by atoms with E-state index in [1.807, 2.05) is 31.2 Å². The highest BCUT2D eigenvalue weighted by Crippen LogP contribution is 2.25. The summed E-state index contributed by atoms with van der Waals surface area (Å²) in [5.41, 5.74) is 3.01. The topological polar surface area (TPSA) is 46.9 Å². The summed E-state index contributed by atoms with van der Waals surface area (Å²) in [5.74, 6) is -0.721. The fourth-order valence-electron chi connectivity index (χ4n) is 2.60. The number of nitrogens with one attached hydrogen (secondary N) is 1. The van der Waals surface area contributed by atoms with Gasteiger partial charge in [0.05, 0.1) is 5.69 Å². The fourth-order valence-corrected chi connectivity index (χ4v) is 2.60. The first-order valence-corrected chi connectivity index (χ1v) is 7.59. The van der Waals surface area contributed by atoms with Gasteiger partial charge >= 0.3 is 0 Å². The SMILES string of the molecule is C/C(=C/C(C)C)c1ccccc1NC(=O)c1c(C)nn(C)c1F. The van der Waals surface area contributed by atoms with Crippen LogP contribution in [0.4, 0.5) is 10.1 Å². The molecule has 0 spiro atoms. The molecule has 2 aromatic rings. The number of hydrogen-bond donors (Lipinski definition) is 1. The van der Waals surface area contributed by atoms with E-state index in [-0.39, 0.29) is 5.56 Å². The number of halogens is 1. The maximum atomic E-state index is 14.0. The van der Waals surface area contributed by atoms with Crippen LogP contribution in [0.2, 0.25) is 0 Å². The van der Waals surface area contributed by atoms with Gasteiger partial charge in [-0.2, -0.15) is 9.49 Å². The lowest BCUT2D eigenvalue weighted by molar-refractivity contribution is 0.102. The second-order valence-electron chi connectivity index (χ2n) is 5.97. The van der Waals surface area contributed by atoms with E-state index in [9.17, 15) is 9.18 Å². The van der Waals surface area contributed by atoms with Crippen molar-refractivity contribution < 1.29 is 9.18 Å². The summed E-state index contributed by atoms with van der Waals surface area (Å²) in [6.45, 7) is 7.81. The molecule has 1 aromatic carbocycles. The molecule has 1 heterocycles. The number of anilines is 1. The molecule has 1 amide bonds. The van der Waals surface area contributed by atoms with Crippen LogP contribution in [0, 0.1) is 18.8 Å². The molecule has 0 unspecified atom stereocenters. The number of aryl methyl sites for hydroxylation is 2. The third-order valence-corrected chi connectivity index (χ3v) is 3.56. The Bertz CT molecular complexity index is 760. The Hall–Kier alpha value is -2.43. The van der Waals surface area contributed by atoms with Crippen LogP contribution in [0.15, 0.2) is 30.3 Å². The average Bonchev–Trinajstić information content (AvgIpc) is 2.71. The zero-order valence-electron chi connectivity index (χ0n) is 14.1. The Kier molecular flexibility index (Phi) is 4.98. The van der Waals surface area contributed by atoms with E-state index in [1.54, 1.807) is 6.92 Å². The summed E-state index contributed by atoms with van der Waals surface area (Å²) in [6.07, 6.45) is 2.13. The second-order valence-corrected chi connectivity index (χ2v) is 5.97. The van der Waals surface area contributed by atoms with E-state index < -0.39 is 11.9 Å². The van der Waals surface area contributed by atoms with Crippen molar-refractivity contribution in [2.75, 3.05) is 5.32 Å². The number of amides is 1. The largest absolute Gasteiger partial charge is 0.321 e. The Morgan fingerprint density at radius 2 is 2.00 bits per heavy atom. The molecule has 122 valence electrons. The van der Waals surface area contributed by atoms with Crippen molar-refractivity contribution >= 4 is 17.2 Å². The second kappa shape index (κ2) is 6.77. The third kappa shape index (κ3) is 3.67. The van der Waals surface area contributed by atoms with Gasteiger partial charge in [-0.05, 0) is 31.4 Å². The lowest BCUT2D eigenvalue weighted by atomic mass is 10.0. The van der Waals surface area contributed by atoms with E-state index in [0.717, 1.165) is 15.8 Å². The molecule has 0 bridgehead atoms. The van der Waals surface area contributed by atoms with Crippen LogP contribution in [-0.2, 0) is 7.05 Å². The van der Waals surface area contributed by atoms with Crippen LogP contribution in [-0.4, -0.2) is 15.7 Å². The molecule has 0 saturated carbocycles. The maximum Gasteiger partial charge on any atom is 0.262 e. The maximum absolute atomic E-state index is 14.0. The predicted molar refractivity (Wildman–Crippen MR) is 90.8 cm³/mol. The molecule has 0 fully saturated rings. The predicted octanol–water partition coefficient (Wildman–Crippen LogP) is 4.18. The Morgan fingerprint density at radius 1 is 1.35 bits per heavy atom. The van der Waals surface area contributed by atoms with Crippen molar-refractivity contribution in [1.82, 2.24) is 9.78 Å². The van der Waals surface area contributed by atoms with E-state index in [1.165, 1.54) is 7.05 Å². The molecule has 1 N–H and O–H groups in total. The minimum atomic E-state index is -0.632. The highest BCUT2D eigenvalue weighted by molar-refractivity contribution is 6.06. The van der Waals surface area contributed by atoms with Gasteiger partial charge in [0.2, 0.25) is 5.95 Å². The van der Waals surface area contributed by atoms with Gasteiger partial charge in [-0.25, -0.2) is 4.68 Å². The zero-order chi connectivity index (χ0) is 17.1. The number of rotatable bonds is 4. The van der Waals surface area contributed by atoms with Crippen molar-refractivity contribution in [2.24, 2.45) is 13.0 Å². The summed E-state index contributed by atoms with van der Waals surface area (Å²) in [5, 5.41) is 6.74. The van der Waals surface area contributed by atoms with Gasteiger partial charge in [-0.3, -0.25) is 4.79 Å². The number of para-hydroxylation sites is 1. The monoisotopic (exact) mass is 315 g/mol. The number of benzene rings is 1. The van der Waals surface area contributed by atoms with Gasteiger partial charge < -0.3 is 5.32 Å². The first kappa shape index (κ1) is 16.9. The average molecular weight is 315 g/mol. The van der Waals surface area contributed by atoms with Gasteiger partial charge in [0.15, 0.2) is 0 Å². The van der Waals surface area contributed by atoms with Crippen molar-refractivity contribution in [3.8, 4) is 0 Å². The first-order chi connectivity index (χ1) is 10.8. The molecule has 0 aliphatic heterocycles. The summed E-state index contributed by atoms with van der Waals surface area (Å²) in [7, 11) is 1.47. The fraction of sp³-hybridized carbons (Fsp3) is 0.333. The van der Waals surface area contributed by atoms with Crippen LogP contribution < -0.4 is 5.32 Å². The van der Waals surface area contributed by atoms with Crippen molar-refractivity contribution in [2.45, 2.75) is 27.7 Å². The highest BCUT2D eigenvalue weighted by Gasteiger charge is 2.21. The van der Waals surface area contributed by atoms with Gasteiger partial charge in [-0.15, -0.1) is 0 Å². The Balaban J connectivity index is 2.36. The van der Waals surface area contributed by atoms with Crippen LogP contribution >= 0.6 is 0 Å². The minimum Gasteiger partial charge on any atom is -0.321 e. The standard InChI is InChI=1S/C18H22FN3O/c1-11(2)10-12(3)14-8-6-7-9-15(14)20-18(23)16-13(4)21-22(5)17(16)19/h6-11H,1-5H3,(H,20,23)/b12-10-. The van der Waals surface area contributed by atoms with Gasteiger partial charge in [-0.1, -0.05) is 38.1 Å². The van der Waals surface area contributed by atoms with Crippen LogP contribution in [0.1, 0.15) is 42.4 Å². The van der Waals surface area contributed by atoms with Gasteiger partial charge in [0.25, 0.3) is 5.91 Å². The van der Waals surface area contributed by atoms with Crippen LogP contribution in [0.5, 0.6) is 0 Å². The Morgan fingerprint density at radius 3 is 2.57 bits per heavy atom. The molecule has 0 aliphatic carbocycles. The molecule has 0 aliphatic rings. The van der Waals surface area contributed by atoms with Crippen LogP contribution in [0.3, 0.4) is 0 Å². The molecular weight excluding hydrogens is 293 g/mol. The van der Waals surface area contributed by atoms with Crippen molar-refractivity contribution in [3.05, 3.63) is 53.1 Å². The number of allylic oxidation sites excluding steroid dienone is 2. The lowest BCUT2D eigenvalue weighted by Crippen LogP contribution is -2.15. The molecule has 23 heavy (non-hydrogen) atoms. The smallest absolute Gasteiger partial charge is 0.262 e. The van der Waals surface area contributed by atoms with E-state index in [4.69, 9.17) is 0 Å². The lowest BCUT2D eigenvalue weighted by Gasteiger charge is -2.12. The van der Waals surface area contributed by atoms with Gasteiger partial charge in [0.1, 0.15) is 5.56 Å². The number of carbonyl (C=O) groups is 1. The van der Waals surface area contributed by atoms with Crippen molar-refractivity contribution in [1.29, 1.82) is 0 Å². The molecule has 1 aromatic heterocycles. The van der Waals surface area contributed by atoms with Crippen molar-refractivity contribution in [3.63, 3.8) is 0 Å². The number of hydrogen-bond acceptors (Lipinski definition) is 2.